The Labute approximate surface area is 146 Å². The highest BCUT2D eigenvalue weighted by Gasteiger charge is 2.38. The summed E-state index contributed by atoms with van der Waals surface area (Å²) in [6, 6.07) is 11.0. The summed E-state index contributed by atoms with van der Waals surface area (Å²) in [7, 11) is 1.57. The van der Waals surface area contributed by atoms with Crippen molar-refractivity contribution in [2.45, 2.75) is 12.5 Å². The highest BCUT2D eigenvalue weighted by Crippen LogP contribution is 2.28. The Bertz CT molecular complexity index is 746. The van der Waals surface area contributed by atoms with E-state index in [1.165, 1.54) is 13.0 Å². The average molecular weight is 339 g/mol. The lowest BCUT2D eigenvalue weighted by atomic mass is 9.99. The van der Waals surface area contributed by atoms with Gasteiger partial charge in [0.15, 0.2) is 0 Å². The van der Waals surface area contributed by atoms with Crippen molar-refractivity contribution in [1.82, 2.24) is 15.2 Å². The van der Waals surface area contributed by atoms with Crippen LogP contribution in [0, 0.1) is 5.92 Å². The SMILES string of the molecule is COc1ccc(Oc2ccc(C(=O)NC3CN4CCC3C4)cc2)cn1. The molecule has 2 aliphatic heterocycles. The number of methoxy groups -OCH3 is 1. The molecule has 3 atom stereocenters. The van der Waals surface area contributed by atoms with E-state index in [0.29, 0.717) is 28.9 Å². The van der Waals surface area contributed by atoms with Crippen LogP contribution in [-0.2, 0) is 0 Å². The lowest BCUT2D eigenvalue weighted by Gasteiger charge is -2.23. The van der Waals surface area contributed by atoms with Crippen LogP contribution in [0.15, 0.2) is 42.6 Å². The lowest BCUT2D eigenvalue weighted by molar-refractivity contribution is 0.0924. The van der Waals surface area contributed by atoms with Crippen LogP contribution in [0.4, 0.5) is 0 Å². The number of aromatic nitrogens is 1. The molecule has 1 aromatic carbocycles. The van der Waals surface area contributed by atoms with E-state index in [9.17, 15) is 4.79 Å². The number of hydrogen-bond donors (Lipinski definition) is 1. The van der Waals surface area contributed by atoms with Gasteiger partial charge in [-0.25, -0.2) is 4.98 Å². The number of piperidine rings is 1. The number of pyridine rings is 1. The highest BCUT2D eigenvalue weighted by molar-refractivity contribution is 5.94. The van der Waals surface area contributed by atoms with Crippen LogP contribution < -0.4 is 14.8 Å². The number of hydrogen-bond acceptors (Lipinski definition) is 5. The Hall–Kier alpha value is -2.60. The molecule has 1 aromatic heterocycles. The topological polar surface area (TPSA) is 63.7 Å². The molecule has 6 nitrogen and oxygen atoms in total. The Morgan fingerprint density at radius 1 is 1.16 bits per heavy atom. The van der Waals surface area contributed by atoms with E-state index in [1.54, 1.807) is 49.7 Å². The predicted molar refractivity (Wildman–Crippen MR) is 93.1 cm³/mol. The van der Waals surface area contributed by atoms with Crippen molar-refractivity contribution in [3.8, 4) is 17.4 Å². The van der Waals surface area contributed by atoms with E-state index < -0.39 is 0 Å². The summed E-state index contributed by atoms with van der Waals surface area (Å²) in [5.41, 5.74) is 0.651. The Morgan fingerprint density at radius 2 is 1.96 bits per heavy atom. The second kappa shape index (κ2) is 6.72. The van der Waals surface area contributed by atoms with Crippen LogP contribution in [0.2, 0.25) is 0 Å². The number of fused-ring (bicyclic) bond motifs is 2. The zero-order valence-corrected chi connectivity index (χ0v) is 14.1. The molecular formula is C19H21N3O3. The fraction of sp³-hybridized carbons (Fsp3) is 0.368. The third-order valence-electron chi connectivity index (χ3n) is 4.92. The fourth-order valence-electron chi connectivity index (χ4n) is 3.56. The van der Waals surface area contributed by atoms with Crippen LogP contribution in [0.25, 0.3) is 0 Å². The molecule has 1 N–H and O–H groups in total. The molecule has 130 valence electrons. The maximum atomic E-state index is 12.4. The first-order valence-electron chi connectivity index (χ1n) is 8.52. The van der Waals surface area contributed by atoms with Gasteiger partial charge in [0.05, 0.1) is 13.3 Å². The minimum Gasteiger partial charge on any atom is -0.481 e. The summed E-state index contributed by atoms with van der Waals surface area (Å²) in [5.74, 6) is 2.41. The highest BCUT2D eigenvalue weighted by atomic mass is 16.5. The molecule has 0 spiro atoms. The van der Waals surface area contributed by atoms with Crippen LogP contribution in [-0.4, -0.2) is 48.6 Å². The number of carbonyl (C=O) groups is 1. The third-order valence-corrected chi connectivity index (χ3v) is 4.92. The lowest BCUT2D eigenvalue weighted by Crippen LogP contribution is -2.43. The molecule has 0 aliphatic carbocycles. The Balaban J connectivity index is 1.36. The molecular weight excluding hydrogens is 318 g/mol. The van der Waals surface area contributed by atoms with Crippen molar-refractivity contribution < 1.29 is 14.3 Å². The molecule has 2 saturated heterocycles. The van der Waals surface area contributed by atoms with E-state index >= 15 is 0 Å². The number of nitrogens with one attached hydrogen (secondary N) is 1. The van der Waals surface area contributed by atoms with Gasteiger partial charge in [-0.15, -0.1) is 0 Å². The van der Waals surface area contributed by atoms with Gasteiger partial charge in [-0.3, -0.25) is 4.79 Å². The molecule has 4 rings (SSSR count). The van der Waals surface area contributed by atoms with E-state index in [2.05, 4.69) is 15.2 Å². The van der Waals surface area contributed by atoms with E-state index in [1.807, 2.05) is 0 Å². The first-order chi connectivity index (χ1) is 12.2. The molecule has 25 heavy (non-hydrogen) atoms. The van der Waals surface area contributed by atoms with Gasteiger partial charge < -0.3 is 19.7 Å². The first-order valence-corrected chi connectivity index (χ1v) is 8.52. The zero-order chi connectivity index (χ0) is 17.2. The molecule has 6 heteroatoms. The van der Waals surface area contributed by atoms with E-state index in [4.69, 9.17) is 9.47 Å². The van der Waals surface area contributed by atoms with Crippen molar-refractivity contribution in [1.29, 1.82) is 0 Å². The van der Waals surface area contributed by atoms with Gasteiger partial charge in [-0.1, -0.05) is 0 Å². The number of rotatable bonds is 5. The smallest absolute Gasteiger partial charge is 0.251 e. The van der Waals surface area contributed by atoms with Crippen molar-refractivity contribution in [3.63, 3.8) is 0 Å². The fourth-order valence-corrected chi connectivity index (χ4v) is 3.56. The Kier molecular flexibility index (Phi) is 4.28. The number of benzene rings is 1. The normalized spacial score (nSPS) is 24.1. The van der Waals surface area contributed by atoms with Crippen molar-refractivity contribution >= 4 is 5.91 Å². The summed E-state index contributed by atoms with van der Waals surface area (Å²) in [5, 5.41) is 3.16. The minimum atomic E-state index is -0.0172. The number of ether oxygens (including phenoxy) is 2. The van der Waals surface area contributed by atoms with Crippen LogP contribution in [0.5, 0.6) is 17.4 Å². The molecule has 2 fully saturated rings. The van der Waals surface area contributed by atoms with Crippen molar-refractivity contribution in [3.05, 3.63) is 48.2 Å². The average Bonchev–Trinajstić information content (AvgIpc) is 3.26. The largest absolute Gasteiger partial charge is 0.481 e. The monoisotopic (exact) mass is 339 g/mol. The van der Waals surface area contributed by atoms with Gasteiger partial charge in [0, 0.05) is 30.8 Å². The van der Waals surface area contributed by atoms with Crippen molar-refractivity contribution in [2.24, 2.45) is 5.92 Å². The number of amides is 1. The predicted octanol–water partition coefficient (Wildman–Crippen LogP) is 2.32. The molecule has 0 saturated carbocycles. The molecule has 2 aliphatic rings. The van der Waals surface area contributed by atoms with Gasteiger partial charge >= 0.3 is 0 Å². The Morgan fingerprint density at radius 3 is 2.56 bits per heavy atom. The van der Waals surface area contributed by atoms with Gasteiger partial charge in [0.1, 0.15) is 11.5 Å². The van der Waals surface area contributed by atoms with Crippen molar-refractivity contribution in [2.75, 3.05) is 26.7 Å². The van der Waals surface area contributed by atoms with Gasteiger partial charge in [0.2, 0.25) is 5.88 Å². The number of carbonyl (C=O) groups excluding carboxylic acids is 1. The molecule has 0 radical (unpaired) electrons. The second-order valence-electron chi connectivity index (χ2n) is 6.55. The maximum Gasteiger partial charge on any atom is 0.251 e. The molecule has 2 bridgehead atoms. The third kappa shape index (κ3) is 3.44. The van der Waals surface area contributed by atoms with Gasteiger partial charge in [0.25, 0.3) is 5.91 Å². The van der Waals surface area contributed by atoms with Gasteiger partial charge in [-0.2, -0.15) is 0 Å². The second-order valence-corrected chi connectivity index (χ2v) is 6.55. The standard InChI is InChI=1S/C19H21N3O3/c1-24-18-7-6-16(10-20-18)25-15-4-2-13(3-5-15)19(23)21-17-12-22-9-8-14(17)11-22/h2-7,10,14,17H,8-9,11-12H2,1H3,(H,21,23). The summed E-state index contributed by atoms with van der Waals surface area (Å²) in [6.45, 7) is 3.26. The van der Waals surface area contributed by atoms with E-state index in [0.717, 1.165) is 13.1 Å². The summed E-state index contributed by atoms with van der Waals surface area (Å²) < 4.78 is 10.8. The van der Waals surface area contributed by atoms with Gasteiger partial charge in [-0.05, 0) is 49.2 Å². The van der Waals surface area contributed by atoms with E-state index in [-0.39, 0.29) is 11.9 Å². The zero-order valence-electron chi connectivity index (χ0n) is 14.1. The molecule has 3 unspecified atom stereocenters. The summed E-state index contributed by atoms with van der Waals surface area (Å²) >= 11 is 0. The first kappa shape index (κ1) is 15.9. The molecule has 2 aromatic rings. The summed E-state index contributed by atoms with van der Waals surface area (Å²) in [6.07, 6.45) is 2.79. The quantitative estimate of drug-likeness (QED) is 0.906. The van der Waals surface area contributed by atoms with Crippen LogP contribution in [0.3, 0.4) is 0 Å². The molecule has 1 amide bonds. The van der Waals surface area contributed by atoms with Crippen LogP contribution in [0.1, 0.15) is 16.8 Å². The molecule has 3 heterocycles. The van der Waals surface area contributed by atoms with Crippen LogP contribution >= 0.6 is 0 Å². The maximum absolute atomic E-state index is 12.4. The number of nitrogens with zero attached hydrogens (tertiary/aromatic N) is 2. The minimum absolute atomic E-state index is 0.0172. The summed E-state index contributed by atoms with van der Waals surface area (Å²) in [4.78, 5) is 18.9.